The highest BCUT2D eigenvalue weighted by atomic mass is 32.2. The molecule has 1 aromatic rings. The minimum Gasteiger partial charge on any atom is -0.372 e. The zero-order valence-electron chi connectivity index (χ0n) is 12.5. The molecule has 0 aromatic heterocycles. The summed E-state index contributed by atoms with van der Waals surface area (Å²) in [5.41, 5.74) is 0.576. The van der Waals surface area contributed by atoms with Gasteiger partial charge in [0.2, 0.25) is 0 Å². The molecule has 21 heavy (non-hydrogen) atoms. The first-order chi connectivity index (χ1) is 9.97. The third-order valence-electron chi connectivity index (χ3n) is 3.91. The van der Waals surface area contributed by atoms with Crippen LogP contribution in [0.5, 0.6) is 0 Å². The summed E-state index contributed by atoms with van der Waals surface area (Å²) in [7, 11) is -1.97. The van der Waals surface area contributed by atoms with E-state index in [9.17, 15) is 8.42 Å². The van der Waals surface area contributed by atoms with Crippen molar-refractivity contribution in [3.8, 4) is 0 Å². The second kappa shape index (κ2) is 6.58. The molecule has 116 valence electrons. The van der Waals surface area contributed by atoms with Crippen molar-refractivity contribution in [1.82, 2.24) is 4.83 Å². The number of nitrogens with zero attached hydrogens (tertiary/aromatic N) is 1. The van der Waals surface area contributed by atoms with Gasteiger partial charge in [-0.1, -0.05) is 37.0 Å². The monoisotopic (exact) mass is 310 g/mol. The Kier molecular flexibility index (Phi) is 5.00. The molecule has 0 unspecified atom stereocenters. The van der Waals surface area contributed by atoms with E-state index in [0.29, 0.717) is 0 Å². The average Bonchev–Trinajstić information content (AvgIpc) is 2.48. The Morgan fingerprint density at radius 2 is 1.81 bits per heavy atom. The van der Waals surface area contributed by atoms with E-state index in [2.05, 4.69) is 9.93 Å². The highest BCUT2D eigenvalue weighted by Gasteiger charge is 2.30. The lowest BCUT2D eigenvalue weighted by Gasteiger charge is -2.32. The lowest BCUT2D eigenvalue weighted by atomic mass is 9.86. The van der Waals surface area contributed by atoms with Gasteiger partial charge in [0.1, 0.15) is 5.60 Å². The van der Waals surface area contributed by atoms with E-state index < -0.39 is 15.6 Å². The molecule has 0 aliphatic heterocycles. The van der Waals surface area contributed by atoms with Crippen LogP contribution in [0.15, 0.2) is 34.3 Å². The third kappa shape index (κ3) is 4.04. The van der Waals surface area contributed by atoms with Crippen molar-refractivity contribution in [2.75, 3.05) is 7.11 Å². The number of hydrogen-bond acceptors (Lipinski definition) is 4. The predicted octanol–water partition coefficient (Wildman–Crippen LogP) is 2.61. The number of hydrazone groups is 1. The third-order valence-corrected chi connectivity index (χ3v) is 5.15. The molecule has 5 nitrogen and oxygen atoms in total. The Bertz CT molecular complexity index is 588. The van der Waals surface area contributed by atoms with E-state index in [4.69, 9.17) is 4.74 Å². The quantitative estimate of drug-likeness (QED) is 0.671. The molecule has 0 radical (unpaired) electrons. The number of nitrogens with one attached hydrogen (secondary N) is 1. The maximum absolute atomic E-state index is 12.1. The molecule has 1 N–H and O–H groups in total. The Hall–Kier alpha value is -1.40. The van der Waals surface area contributed by atoms with Crippen molar-refractivity contribution in [2.24, 2.45) is 5.10 Å². The van der Waals surface area contributed by atoms with Crippen LogP contribution in [0.1, 0.15) is 37.7 Å². The van der Waals surface area contributed by atoms with Crippen molar-refractivity contribution >= 4 is 16.2 Å². The number of benzene rings is 1. The molecule has 0 amide bonds. The summed E-state index contributed by atoms with van der Waals surface area (Å²) >= 11 is 0. The summed E-state index contributed by atoms with van der Waals surface area (Å²) < 4.78 is 29.8. The van der Waals surface area contributed by atoms with Crippen LogP contribution in [0.2, 0.25) is 0 Å². The van der Waals surface area contributed by atoms with Crippen molar-refractivity contribution in [3.05, 3.63) is 29.8 Å². The van der Waals surface area contributed by atoms with Crippen LogP contribution in [-0.2, 0) is 14.8 Å². The molecular weight excluding hydrogens is 288 g/mol. The smallest absolute Gasteiger partial charge is 0.276 e. The Balaban J connectivity index is 2.06. The van der Waals surface area contributed by atoms with Crippen molar-refractivity contribution in [2.45, 2.75) is 49.5 Å². The molecule has 0 saturated heterocycles. The highest BCUT2D eigenvalue weighted by molar-refractivity contribution is 7.89. The molecule has 0 spiro atoms. The molecule has 1 aliphatic carbocycles. The first-order valence-corrected chi connectivity index (χ1v) is 8.64. The summed E-state index contributed by atoms with van der Waals surface area (Å²) in [5, 5.41) is 3.92. The number of aryl methyl sites for hydroxylation is 1. The number of hydrogen-bond donors (Lipinski definition) is 1. The Labute approximate surface area is 126 Å². The maximum Gasteiger partial charge on any atom is 0.276 e. The largest absolute Gasteiger partial charge is 0.372 e. The molecule has 1 aliphatic rings. The molecule has 0 bridgehead atoms. The second-order valence-corrected chi connectivity index (χ2v) is 7.16. The van der Waals surface area contributed by atoms with Crippen LogP contribution < -0.4 is 4.83 Å². The van der Waals surface area contributed by atoms with Crippen molar-refractivity contribution in [3.63, 3.8) is 0 Å². The average molecular weight is 310 g/mol. The van der Waals surface area contributed by atoms with Gasteiger partial charge in [0.25, 0.3) is 10.0 Å². The van der Waals surface area contributed by atoms with E-state index in [1.54, 1.807) is 37.6 Å². The lowest BCUT2D eigenvalue weighted by molar-refractivity contribution is 0.0232. The molecule has 1 fully saturated rings. The topological polar surface area (TPSA) is 67.8 Å². The first-order valence-electron chi connectivity index (χ1n) is 7.15. The fourth-order valence-electron chi connectivity index (χ4n) is 2.52. The number of methoxy groups -OCH3 is 1. The van der Waals surface area contributed by atoms with E-state index in [1.807, 2.05) is 6.92 Å². The maximum atomic E-state index is 12.1. The van der Waals surface area contributed by atoms with Gasteiger partial charge in [0.05, 0.1) is 11.1 Å². The van der Waals surface area contributed by atoms with Crippen LogP contribution in [0.25, 0.3) is 0 Å². The van der Waals surface area contributed by atoms with Crippen molar-refractivity contribution in [1.29, 1.82) is 0 Å². The minimum absolute atomic E-state index is 0.209. The van der Waals surface area contributed by atoms with Gasteiger partial charge < -0.3 is 4.74 Å². The zero-order valence-corrected chi connectivity index (χ0v) is 13.3. The normalized spacial score (nSPS) is 18.8. The molecule has 2 rings (SSSR count). The van der Waals surface area contributed by atoms with Crippen molar-refractivity contribution < 1.29 is 13.2 Å². The summed E-state index contributed by atoms with van der Waals surface area (Å²) in [6.45, 7) is 1.91. The molecular formula is C15H22N2O3S. The van der Waals surface area contributed by atoms with E-state index >= 15 is 0 Å². The highest BCUT2D eigenvalue weighted by Crippen LogP contribution is 2.29. The summed E-state index contributed by atoms with van der Waals surface area (Å²) in [4.78, 5) is 2.47. The second-order valence-electron chi connectivity index (χ2n) is 5.50. The van der Waals surface area contributed by atoms with Gasteiger partial charge in [0, 0.05) is 7.11 Å². The first kappa shape index (κ1) is 16.0. The number of ether oxygens (including phenoxy) is 1. The summed E-state index contributed by atoms with van der Waals surface area (Å²) in [5.74, 6) is 0. The van der Waals surface area contributed by atoms with Gasteiger partial charge in [-0.25, -0.2) is 4.83 Å². The SMILES string of the molecule is COC1(/C=N/NS(=O)(=O)c2ccc(C)cc2)CCCCC1. The molecule has 1 aromatic carbocycles. The van der Waals surface area contributed by atoms with Gasteiger partial charge >= 0.3 is 0 Å². The van der Waals surface area contributed by atoms with Gasteiger partial charge in [0.15, 0.2) is 0 Å². The number of rotatable bonds is 5. The molecule has 1 saturated carbocycles. The van der Waals surface area contributed by atoms with E-state index in [1.165, 1.54) is 6.42 Å². The Morgan fingerprint density at radius 3 is 2.38 bits per heavy atom. The molecule has 0 atom stereocenters. The van der Waals surface area contributed by atoms with Gasteiger partial charge in [-0.15, -0.1) is 0 Å². The molecule has 0 heterocycles. The minimum atomic E-state index is -3.62. The van der Waals surface area contributed by atoms with Crippen LogP contribution in [0.4, 0.5) is 0 Å². The van der Waals surface area contributed by atoms with Crippen LogP contribution in [0, 0.1) is 6.92 Å². The lowest BCUT2D eigenvalue weighted by Crippen LogP contribution is -2.36. The van der Waals surface area contributed by atoms with Crippen LogP contribution in [0.3, 0.4) is 0 Å². The fraction of sp³-hybridized carbons (Fsp3) is 0.533. The predicted molar refractivity (Wildman–Crippen MR) is 82.8 cm³/mol. The summed E-state index contributed by atoms with van der Waals surface area (Å²) in [6, 6.07) is 6.66. The van der Waals surface area contributed by atoms with Gasteiger partial charge in [-0.05, 0) is 31.9 Å². The van der Waals surface area contributed by atoms with E-state index in [-0.39, 0.29) is 4.90 Å². The zero-order chi connectivity index (χ0) is 15.3. The standard InChI is InChI=1S/C15H22N2O3S/c1-13-6-8-14(9-7-13)21(18,19)17-16-12-15(20-2)10-4-3-5-11-15/h6-9,12,17H,3-5,10-11H2,1-2H3/b16-12+. The van der Waals surface area contributed by atoms with E-state index in [0.717, 1.165) is 31.2 Å². The van der Waals surface area contributed by atoms with Gasteiger partial charge in [-0.2, -0.15) is 13.5 Å². The number of sulfonamides is 1. The van der Waals surface area contributed by atoms with Crippen LogP contribution >= 0.6 is 0 Å². The fourth-order valence-corrected chi connectivity index (χ4v) is 3.31. The van der Waals surface area contributed by atoms with Crippen LogP contribution in [-0.4, -0.2) is 27.3 Å². The Morgan fingerprint density at radius 1 is 1.19 bits per heavy atom. The summed E-state index contributed by atoms with van der Waals surface area (Å²) in [6.07, 6.45) is 6.68. The molecule has 6 heteroatoms. The van der Waals surface area contributed by atoms with Gasteiger partial charge in [-0.3, -0.25) is 0 Å².